The van der Waals surface area contributed by atoms with E-state index in [-0.39, 0.29) is 12.5 Å². The molecule has 0 unspecified atom stereocenters. The van der Waals surface area contributed by atoms with Gasteiger partial charge in [0.25, 0.3) is 5.91 Å². The van der Waals surface area contributed by atoms with Crippen LogP contribution in [0.3, 0.4) is 0 Å². The van der Waals surface area contributed by atoms with Gasteiger partial charge in [-0.1, -0.05) is 24.3 Å². The number of nitrogens with two attached hydrogens (primary N) is 1. The van der Waals surface area contributed by atoms with Crippen molar-refractivity contribution in [3.05, 3.63) is 60.8 Å². The first kappa shape index (κ1) is 17.3. The molecule has 8 heteroatoms. The molecule has 0 saturated heterocycles. The Hall–Kier alpha value is -3.49. The average Bonchev–Trinajstić information content (AvgIpc) is 2.68. The molecule has 1 amide bonds. The highest BCUT2D eigenvalue weighted by atomic mass is 16.5. The highest BCUT2D eigenvalue weighted by molar-refractivity contribution is 6.00. The van der Waals surface area contributed by atoms with Crippen LogP contribution in [0.25, 0.3) is 10.9 Å². The highest BCUT2D eigenvalue weighted by Gasteiger charge is 2.08. The summed E-state index contributed by atoms with van der Waals surface area (Å²) in [6.45, 7) is -0.159. The molecule has 0 radical (unpaired) electrons. The Morgan fingerprint density at radius 3 is 2.85 bits per heavy atom. The second kappa shape index (κ2) is 8.06. The smallest absolute Gasteiger partial charge is 0.262 e. The minimum atomic E-state index is -0.297. The van der Waals surface area contributed by atoms with Gasteiger partial charge in [-0.15, -0.1) is 0 Å². The number of hydrogen-bond donors (Lipinski definition) is 4. The maximum atomic E-state index is 12.2. The fraction of sp³-hybridized carbons (Fsp3) is 0.0556. The summed E-state index contributed by atoms with van der Waals surface area (Å²) < 4.78 is 5.53. The summed E-state index contributed by atoms with van der Waals surface area (Å²) in [7, 11) is 0. The maximum Gasteiger partial charge on any atom is 0.262 e. The van der Waals surface area contributed by atoms with Crippen molar-refractivity contribution >= 4 is 34.5 Å². The van der Waals surface area contributed by atoms with Gasteiger partial charge in [0.15, 0.2) is 6.61 Å². The number of nitrogens with zero attached hydrogens (tertiary/aromatic N) is 2. The first-order valence-corrected chi connectivity index (χ1v) is 7.84. The predicted octanol–water partition coefficient (Wildman–Crippen LogP) is 2.04. The Bertz CT molecular complexity index is 925. The summed E-state index contributed by atoms with van der Waals surface area (Å²) in [5.74, 6) is 5.52. The molecule has 0 aliphatic heterocycles. The average molecular weight is 350 g/mol. The van der Waals surface area contributed by atoms with Gasteiger partial charge < -0.3 is 10.1 Å². The molecule has 132 valence electrons. The zero-order valence-electron chi connectivity index (χ0n) is 13.8. The van der Waals surface area contributed by atoms with Crippen LogP contribution in [0, 0.1) is 5.41 Å². The van der Waals surface area contributed by atoms with E-state index in [1.807, 2.05) is 24.3 Å². The summed E-state index contributed by atoms with van der Waals surface area (Å²) in [4.78, 5) is 16.5. The fourth-order valence-corrected chi connectivity index (χ4v) is 2.45. The molecule has 0 spiro atoms. The molecule has 26 heavy (non-hydrogen) atoms. The summed E-state index contributed by atoms with van der Waals surface area (Å²) in [6.07, 6.45) is 2.71. The Kier molecular flexibility index (Phi) is 5.37. The number of ether oxygens (including phenoxy) is 1. The van der Waals surface area contributed by atoms with E-state index in [9.17, 15) is 4.79 Å². The van der Waals surface area contributed by atoms with Crippen molar-refractivity contribution in [2.75, 3.05) is 16.9 Å². The molecule has 0 aliphatic rings. The highest BCUT2D eigenvalue weighted by Crippen LogP contribution is 2.21. The van der Waals surface area contributed by atoms with E-state index in [0.717, 1.165) is 17.2 Å². The minimum Gasteiger partial charge on any atom is -0.484 e. The lowest BCUT2D eigenvalue weighted by atomic mass is 10.2. The number of hydrogen-bond acceptors (Lipinski definition) is 6. The zero-order valence-corrected chi connectivity index (χ0v) is 13.8. The number of rotatable bonds is 7. The van der Waals surface area contributed by atoms with Crippen LogP contribution in [-0.4, -0.2) is 23.8 Å². The number of carbonyl (C=O) groups excluding carboxylic acids is 1. The number of para-hydroxylation sites is 1. The van der Waals surface area contributed by atoms with Crippen LogP contribution < -0.4 is 26.4 Å². The van der Waals surface area contributed by atoms with Crippen LogP contribution >= 0.6 is 0 Å². The monoisotopic (exact) mass is 350 g/mol. The number of nitrogens with one attached hydrogen (secondary N) is 3. The minimum absolute atomic E-state index is 0.159. The summed E-state index contributed by atoms with van der Waals surface area (Å²) in [5, 5.41) is 12.3. The van der Waals surface area contributed by atoms with E-state index in [0.29, 0.717) is 17.1 Å². The third-order valence-corrected chi connectivity index (χ3v) is 3.64. The zero-order chi connectivity index (χ0) is 18.4. The first-order valence-electron chi connectivity index (χ1n) is 7.84. The quantitative estimate of drug-likeness (QED) is 0.224. The van der Waals surface area contributed by atoms with Gasteiger partial charge in [0, 0.05) is 17.6 Å². The first-order chi connectivity index (χ1) is 12.7. The van der Waals surface area contributed by atoms with E-state index >= 15 is 0 Å². The van der Waals surface area contributed by atoms with Crippen molar-refractivity contribution < 1.29 is 9.53 Å². The van der Waals surface area contributed by atoms with E-state index in [1.54, 1.807) is 36.5 Å². The van der Waals surface area contributed by atoms with Crippen LogP contribution in [0.2, 0.25) is 0 Å². The van der Waals surface area contributed by atoms with Crippen molar-refractivity contribution in [3.8, 4) is 5.75 Å². The van der Waals surface area contributed by atoms with E-state index in [1.165, 1.54) is 5.01 Å². The normalized spacial score (nSPS) is 10.3. The molecular weight excluding hydrogens is 332 g/mol. The van der Waals surface area contributed by atoms with Crippen LogP contribution in [0.1, 0.15) is 0 Å². The van der Waals surface area contributed by atoms with Gasteiger partial charge in [-0.2, -0.15) is 5.53 Å². The third kappa shape index (κ3) is 3.94. The van der Waals surface area contributed by atoms with Gasteiger partial charge in [0.2, 0.25) is 0 Å². The SMILES string of the molecule is N=CN(NN)c1cccc(OCC(=O)Nc2cccc3cccnc23)c1. The van der Waals surface area contributed by atoms with Crippen molar-refractivity contribution in [3.63, 3.8) is 0 Å². The van der Waals surface area contributed by atoms with Gasteiger partial charge in [-0.05, 0) is 24.3 Å². The van der Waals surface area contributed by atoms with Crippen molar-refractivity contribution in [1.29, 1.82) is 5.41 Å². The summed E-state index contributed by atoms with van der Waals surface area (Å²) in [6, 6.07) is 16.2. The van der Waals surface area contributed by atoms with Gasteiger partial charge in [-0.25, -0.2) is 0 Å². The molecule has 1 heterocycles. The lowest BCUT2D eigenvalue weighted by molar-refractivity contribution is -0.118. The summed E-state index contributed by atoms with van der Waals surface area (Å²) in [5.41, 5.74) is 4.32. The molecule has 2 aromatic carbocycles. The molecule has 0 fully saturated rings. The molecule has 0 bridgehead atoms. The molecular formula is C18H18N6O2. The predicted molar refractivity (Wildman–Crippen MR) is 101 cm³/mol. The Morgan fingerprint density at radius 2 is 2.04 bits per heavy atom. The Labute approximate surface area is 150 Å². The lowest BCUT2D eigenvalue weighted by Crippen LogP contribution is -2.41. The molecule has 3 rings (SSSR count). The standard InChI is InChI=1S/C18H18N6O2/c19-12-24(23-20)14-6-2-7-15(10-14)26-11-17(25)22-16-8-1-4-13-5-3-9-21-18(13)16/h1-10,12,19,23H,11,20H2,(H,22,25). The van der Waals surface area contributed by atoms with E-state index in [4.69, 9.17) is 16.0 Å². The van der Waals surface area contributed by atoms with E-state index < -0.39 is 0 Å². The van der Waals surface area contributed by atoms with Crippen LogP contribution in [0.4, 0.5) is 11.4 Å². The van der Waals surface area contributed by atoms with Crippen LogP contribution in [-0.2, 0) is 4.79 Å². The molecule has 5 N–H and O–H groups in total. The Morgan fingerprint density at radius 1 is 1.23 bits per heavy atom. The number of pyridine rings is 1. The van der Waals surface area contributed by atoms with Crippen LogP contribution in [0.15, 0.2) is 60.8 Å². The van der Waals surface area contributed by atoms with E-state index in [2.05, 4.69) is 15.8 Å². The van der Waals surface area contributed by atoms with Gasteiger partial charge in [0.1, 0.15) is 12.1 Å². The molecule has 0 atom stereocenters. The number of carbonyl (C=O) groups is 1. The largest absolute Gasteiger partial charge is 0.484 e. The number of aromatic nitrogens is 1. The number of amides is 1. The molecule has 8 nitrogen and oxygen atoms in total. The molecule has 0 saturated carbocycles. The van der Waals surface area contributed by atoms with Crippen LogP contribution in [0.5, 0.6) is 5.75 Å². The van der Waals surface area contributed by atoms with Gasteiger partial charge in [-0.3, -0.25) is 26.0 Å². The number of benzene rings is 2. The number of fused-ring (bicyclic) bond motifs is 1. The topological polar surface area (TPSA) is 116 Å². The molecule has 3 aromatic rings. The van der Waals surface area contributed by atoms with Crippen molar-refractivity contribution in [1.82, 2.24) is 10.5 Å². The van der Waals surface area contributed by atoms with Crippen molar-refractivity contribution in [2.24, 2.45) is 5.84 Å². The molecule has 1 aromatic heterocycles. The second-order valence-electron chi connectivity index (χ2n) is 5.34. The Balaban J connectivity index is 1.66. The maximum absolute atomic E-state index is 12.2. The summed E-state index contributed by atoms with van der Waals surface area (Å²) >= 11 is 0. The number of anilines is 2. The lowest BCUT2D eigenvalue weighted by Gasteiger charge is -2.17. The van der Waals surface area contributed by atoms with Gasteiger partial charge >= 0.3 is 0 Å². The second-order valence-corrected chi connectivity index (χ2v) is 5.34. The fourth-order valence-electron chi connectivity index (χ4n) is 2.45. The van der Waals surface area contributed by atoms with Crippen molar-refractivity contribution in [2.45, 2.75) is 0 Å². The molecule has 0 aliphatic carbocycles. The van der Waals surface area contributed by atoms with Gasteiger partial charge in [0.05, 0.1) is 16.9 Å². The number of hydrazine groups is 2. The third-order valence-electron chi connectivity index (χ3n) is 3.64.